The molecule has 1 amide bonds. The van der Waals surface area contributed by atoms with Gasteiger partial charge in [-0.3, -0.25) is 9.89 Å². The van der Waals surface area contributed by atoms with E-state index in [0.717, 1.165) is 22.2 Å². The van der Waals surface area contributed by atoms with Gasteiger partial charge in [0.15, 0.2) is 12.3 Å². The van der Waals surface area contributed by atoms with Gasteiger partial charge in [-0.1, -0.05) is 12.1 Å². The van der Waals surface area contributed by atoms with Crippen LogP contribution in [0.1, 0.15) is 22.1 Å². The van der Waals surface area contributed by atoms with Crippen LogP contribution in [0.15, 0.2) is 59.3 Å². The summed E-state index contributed by atoms with van der Waals surface area (Å²) >= 11 is 0. The number of fused-ring (bicyclic) bond motifs is 1. The maximum Gasteiger partial charge on any atom is 0.275 e. The molecule has 8 nitrogen and oxygen atoms in total. The molecule has 0 aliphatic heterocycles. The first-order chi connectivity index (χ1) is 14.1. The molecule has 1 N–H and O–H groups in total. The lowest BCUT2D eigenvalue weighted by Gasteiger charge is -2.13. The smallest absolute Gasteiger partial charge is 0.275 e. The van der Waals surface area contributed by atoms with Crippen molar-refractivity contribution >= 4 is 16.7 Å². The number of nitrogens with one attached hydrogen (secondary N) is 1. The molecule has 0 aliphatic rings. The molecule has 2 aromatic heterocycles. The van der Waals surface area contributed by atoms with Crippen LogP contribution >= 0.6 is 0 Å². The van der Waals surface area contributed by atoms with E-state index in [-0.39, 0.29) is 18.2 Å². The van der Waals surface area contributed by atoms with Gasteiger partial charge in [0.05, 0.1) is 19.3 Å². The van der Waals surface area contributed by atoms with E-state index in [9.17, 15) is 4.79 Å². The van der Waals surface area contributed by atoms with Crippen LogP contribution in [0.2, 0.25) is 0 Å². The van der Waals surface area contributed by atoms with Crippen molar-refractivity contribution in [2.45, 2.75) is 13.2 Å². The van der Waals surface area contributed by atoms with Gasteiger partial charge in [-0.15, -0.1) is 0 Å². The van der Waals surface area contributed by atoms with Gasteiger partial charge in [-0.05, 0) is 41.1 Å². The van der Waals surface area contributed by atoms with Crippen LogP contribution < -0.4 is 9.47 Å². The van der Waals surface area contributed by atoms with E-state index < -0.39 is 0 Å². The second-order valence-corrected chi connectivity index (χ2v) is 6.53. The number of hydrogen-bond donors (Lipinski definition) is 1. The SMILES string of the molecule is COc1ccc2ccc(OCc3nc(C(=O)N(C)Cc4ccn[nH]4)co3)cc2c1. The standard InChI is InChI=1S/C21H20N4O4/c1-25(11-16-7-8-22-24-16)21(26)19-12-29-20(23-19)13-28-18-6-4-14-3-5-17(27-2)9-15(14)10-18/h3-10,12H,11,13H2,1-2H3,(H,22,24). The number of methoxy groups -OCH3 is 1. The van der Waals surface area contributed by atoms with Gasteiger partial charge >= 0.3 is 0 Å². The molecular formula is C21H20N4O4. The fourth-order valence-corrected chi connectivity index (χ4v) is 2.94. The average molecular weight is 392 g/mol. The molecule has 0 atom stereocenters. The highest BCUT2D eigenvalue weighted by Crippen LogP contribution is 2.25. The molecule has 0 saturated carbocycles. The third-order valence-corrected chi connectivity index (χ3v) is 4.46. The zero-order chi connectivity index (χ0) is 20.2. The lowest BCUT2D eigenvalue weighted by Crippen LogP contribution is -2.26. The third-order valence-electron chi connectivity index (χ3n) is 4.46. The number of rotatable bonds is 7. The quantitative estimate of drug-likeness (QED) is 0.518. The van der Waals surface area contributed by atoms with Crippen molar-refractivity contribution in [3.05, 3.63) is 72.2 Å². The summed E-state index contributed by atoms with van der Waals surface area (Å²) in [5.41, 5.74) is 1.06. The Morgan fingerprint density at radius 1 is 1.14 bits per heavy atom. The lowest BCUT2D eigenvalue weighted by atomic mass is 10.1. The molecule has 2 aromatic carbocycles. The molecule has 0 fully saturated rings. The first-order valence-electron chi connectivity index (χ1n) is 9.01. The minimum atomic E-state index is -0.243. The van der Waals surface area contributed by atoms with Gasteiger partial charge < -0.3 is 18.8 Å². The molecule has 0 radical (unpaired) electrons. The Hall–Kier alpha value is -3.81. The van der Waals surface area contributed by atoms with Crippen molar-refractivity contribution < 1.29 is 18.7 Å². The predicted molar refractivity (Wildman–Crippen MR) is 106 cm³/mol. The topological polar surface area (TPSA) is 93.5 Å². The second kappa shape index (κ2) is 8.05. The first kappa shape index (κ1) is 18.5. The van der Waals surface area contributed by atoms with Gasteiger partial charge in [0, 0.05) is 13.2 Å². The molecule has 29 heavy (non-hydrogen) atoms. The summed E-state index contributed by atoms with van der Waals surface area (Å²) in [4.78, 5) is 18.3. The van der Waals surface area contributed by atoms with Crippen molar-refractivity contribution in [1.82, 2.24) is 20.1 Å². The largest absolute Gasteiger partial charge is 0.497 e. The number of oxazole rings is 1. The maximum absolute atomic E-state index is 12.5. The molecule has 2 heterocycles. The van der Waals surface area contributed by atoms with E-state index in [1.807, 2.05) is 42.5 Å². The number of H-pyrrole nitrogens is 1. The first-order valence-corrected chi connectivity index (χ1v) is 9.01. The van der Waals surface area contributed by atoms with Crippen molar-refractivity contribution in [1.29, 1.82) is 0 Å². The van der Waals surface area contributed by atoms with Crippen molar-refractivity contribution in [2.75, 3.05) is 14.2 Å². The summed E-state index contributed by atoms with van der Waals surface area (Å²) in [6, 6.07) is 13.4. The molecule has 0 spiro atoms. The molecule has 0 unspecified atom stereocenters. The number of nitrogens with zero attached hydrogens (tertiary/aromatic N) is 3. The fourth-order valence-electron chi connectivity index (χ4n) is 2.94. The molecule has 148 valence electrons. The maximum atomic E-state index is 12.5. The number of ether oxygens (including phenoxy) is 2. The summed E-state index contributed by atoms with van der Waals surface area (Å²) in [7, 11) is 3.33. The Labute approximate surface area is 167 Å². The number of aromatic nitrogens is 3. The highest BCUT2D eigenvalue weighted by atomic mass is 16.5. The molecule has 0 bridgehead atoms. The van der Waals surface area contributed by atoms with Gasteiger partial charge in [-0.2, -0.15) is 5.10 Å². The summed E-state index contributed by atoms with van der Waals surface area (Å²) in [6.07, 6.45) is 2.98. The van der Waals surface area contributed by atoms with Gasteiger partial charge in [0.25, 0.3) is 5.91 Å². The number of benzene rings is 2. The highest BCUT2D eigenvalue weighted by molar-refractivity contribution is 5.91. The molecular weight excluding hydrogens is 372 g/mol. The van der Waals surface area contributed by atoms with Crippen molar-refractivity contribution in [3.8, 4) is 11.5 Å². The Morgan fingerprint density at radius 3 is 2.69 bits per heavy atom. The Bertz CT molecular complexity index is 1120. The fraction of sp³-hybridized carbons (Fsp3) is 0.190. The van der Waals surface area contributed by atoms with Crippen LogP contribution in [0.4, 0.5) is 0 Å². The second-order valence-electron chi connectivity index (χ2n) is 6.53. The van der Waals surface area contributed by atoms with E-state index >= 15 is 0 Å². The van der Waals surface area contributed by atoms with Crippen LogP contribution in [0.25, 0.3) is 10.8 Å². The summed E-state index contributed by atoms with van der Waals surface area (Å²) in [5, 5.41) is 8.79. The zero-order valence-electron chi connectivity index (χ0n) is 16.1. The zero-order valence-corrected chi connectivity index (χ0v) is 16.1. The van der Waals surface area contributed by atoms with Gasteiger partial charge in [-0.25, -0.2) is 4.98 Å². The number of carbonyl (C=O) groups excluding carboxylic acids is 1. The highest BCUT2D eigenvalue weighted by Gasteiger charge is 2.17. The number of hydrogen-bond acceptors (Lipinski definition) is 6. The van der Waals surface area contributed by atoms with Crippen LogP contribution in [-0.2, 0) is 13.2 Å². The minimum Gasteiger partial charge on any atom is -0.497 e. The Balaban J connectivity index is 1.40. The molecule has 8 heteroatoms. The number of aromatic amines is 1. The van der Waals surface area contributed by atoms with Crippen LogP contribution in [0.3, 0.4) is 0 Å². The molecule has 0 aliphatic carbocycles. The van der Waals surface area contributed by atoms with Crippen LogP contribution in [0, 0.1) is 0 Å². The normalized spacial score (nSPS) is 10.8. The summed E-state index contributed by atoms with van der Waals surface area (Å²) < 4.78 is 16.4. The molecule has 4 rings (SSSR count). The van der Waals surface area contributed by atoms with Gasteiger partial charge in [0.1, 0.15) is 17.8 Å². The van der Waals surface area contributed by atoms with Crippen molar-refractivity contribution in [3.63, 3.8) is 0 Å². The van der Waals surface area contributed by atoms with E-state index in [1.54, 1.807) is 20.4 Å². The molecule has 4 aromatic rings. The average Bonchev–Trinajstić information content (AvgIpc) is 3.43. The van der Waals surface area contributed by atoms with Crippen LogP contribution in [0.5, 0.6) is 11.5 Å². The van der Waals surface area contributed by atoms with Crippen LogP contribution in [-0.4, -0.2) is 40.1 Å². The number of carbonyl (C=O) groups is 1. The molecule has 0 saturated heterocycles. The monoisotopic (exact) mass is 392 g/mol. The van der Waals surface area contributed by atoms with E-state index in [0.29, 0.717) is 18.2 Å². The van der Waals surface area contributed by atoms with E-state index in [1.165, 1.54) is 11.2 Å². The third kappa shape index (κ3) is 4.21. The number of amides is 1. The minimum absolute atomic E-state index is 0.118. The summed E-state index contributed by atoms with van der Waals surface area (Å²) in [6.45, 7) is 0.519. The van der Waals surface area contributed by atoms with E-state index in [2.05, 4.69) is 15.2 Å². The summed E-state index contributed by atoms with van der Waals surface area (Å²) in [5.74, 6) is 1.54. The van der Waals surface area contributed by atoms with Gasteiger partial charge in [0.2, 0.25) is 5.89 Å². The van der Waals surface area contributed by atoms with Crippen molar-refractivity contribution in [2.24, 2.45) is 0 Å². The Kier molecular flexibility index (Phi) is 5.15. The Morgan fingerprint density at radius 2 is 1.93 bits per heavy atom. The lowest BCUT2D eigenvalue weighted by molar-refractivity contribution is 0.0777. The predicted octanol–water partition coefficient (Wildman–Crippen LogP) is 3.41. The van der Waals surface area contributed by atoms with E-state index in [4.69, 9.17) is 13.9 Å².